The smallest absolute Gasteiger partial charge is 0.322 e. The summed E-state index contributed by atoms with van der Waals surface area (Å²) < 4.78 is 0. The number of hydroxylamine groups is 2. The molecule has 110 valence electrons. The van der Waals surface area contributed by atoms with E-state index in [-0.39, 0.29) is 11.4 Å². The van der Waals surface area contributed by atoms with Crippen molar-refractivity contribution in [1.29, 1.82) is 0 Å². The van der Waals surface area contributed by atoms with Crippen LogP contribution in [0.25, 0.3) is 0 Å². The fraction of sp³-hybridized carbons (Fsp3) is 0.562. The van der Waals surface area contributed by atoms with Gasteiger partial charge in [0.05, 0.1) is 13.1 Å². The highest BCUT2D eigenvalue weighted by Crippen LogP contribution is 2.32. The minimum absolute atomic E-state index is 0.129. The van der Waals surface area contributed by atoms with Crippen molar-refractivity contribution < 1.29 is 9.63 Å². The van der Waals surface area contributed by atoms with E-state index >= 15 is 0 Å². The second kappa shape index (κ2) is 5.83. The summed E-state index contributed by atoms with van der Waals surface area (Å²) in [5.74, 6) is -0.242. The van der Waals surface area contributed by atoms with Gasteiger partial charge in [0.2, 0.25) is 0 Å². The van der Waals surface area contributed by atoms with E-state index in [1.165, 1.54) is 18.2 Å². The van der Waals surface area contributed by atoms with Crippen LogP contribution in [0.15, 0.2) is 24.3 Å². The van der Waals surface area contributed by atoms with Crippen LogP contribution in [0, 0.1) is 0 Å². The van der Waals surface area contributed by atoms with Crippen molar-refractivity contribution in [2.75, 3.05) is 31.1 Å². The summed E-state index contributed by atoms with van der Waals surface area (Å²) in [6.45, 7) is 11.4. The standard InChI is InChI=1S/C16H24N2O2/c1-13(19)20-18-11-9-17(10-12-18)15-8-6-5-7-14(15)16(2,3)4/h5-8H,9-12H2,1-4H3. The maximum absolute atomic E-state index is 11.0. The second-order valence-corrected chi connectivity index (χ2v) is 6.27. The summed E-state index contributed by atoms with van der Waals surface area (Å²) >= 11 is 0. The average Bonchev–Trinajstić information content (AvgIpc) is 2.38. The van der Waals surface area contributed by atoms with E-state index in [0.717, 1.165) is 26.2 Å². The van der Waals surface area contributed by atoms with Gasteiger partial charge >= 0.3 is 5.97 Å². The van der Waals surface area contributed by atoms with Crippen molar-refractivity contribution in [2.45, 2.75) is 33.1 Å². The second-order valence-electron chi connectivity index (χ2n) is 6.27. The Kier molecular flexibility index (Phi) is 4.33. The lowest BCUT2D eigenvalue weighted by atomic mass is 9.85. The van der Waals surface area contributed by atoms with Crippen LogP contribution in [0.5, 0.6) is 0 Å². The van der Waals surface area contributed by atoms with Crippen LogP contribution in [0.1, 0.15) is 33.3 Å². The molecule has 0 unspecified atom stereocenters. The lowest BCUT2D eigenvalue weighted by Crippen LogP contribution is -2.47. The molecule has 0 radical (unpaired) electrons. The van der Waals surface area contributed by atoms with E-state index in [1.54, 1.807) is 5.06 Å². The molecule has 1 aromatic carbocycles. The van der Waals surface area contributed by atoms with Crippen LogP contribution in [-0.2, 0) is 15.0 Å². The molecule has 20 heavy (non-hydrogen) atoms. The Bertz CT molecular complexity index is 472. The molecule has 1 fully saturated rings. The number of carbonyl (C=O) groups is 1. The average molecular weight is 276 g/mol. The SMILES string of the molecule is CC(=O)ON1CCN(c2ccccc2C(C)(C)C)CC1. The number of nitrogens with zero attached hydrogens (tertiary/aromatic N) is 2. The first-order chi connectivity index (χ1) is 9.38. The Labute approximate surface area is 121 Å². The van der Waals surface area contributed by atoms with Crippen LogP contribution in [0.3, 0.4) is 0 Å². The van der Waals surface area contributed by atoms with E-state index in [1.807, 2.05) is 0 Å². The Hall–Kier alpha value is -1.55. The van der Waals surface area contributed by atoms with Crippen molar-refractivity contribution in [1.82, 2.24) is 5.06 Å². The fourth-order valence-corrected chi connectivity index (χ4v) is 2.59. The van der Waals surface area contributed by atoms with Crippen LogP contribution in [0.4, 0.5) is 5.69 Å². The molecule has 0 spiro atoms. The van der Waals surface area contributed by atoms with E-state index in [2.05, 4.69) is 49.9 Å². The highest BCUT2D eigenvalue weighted by molar-refractivity contribution is 5.65. The van der Waals surface area contributed by atoms with E-state index in [9.17, 15) is 4.79 Å². The van der Waals surface area contributed by atoms with Crippen molar-refractivity contribution in [2.24, 2.45) is 0 Å². The monoisotopic (exact) mass is 276 g/mol. The number of hydrogen-bond donors (Lipinski definition) is 0. The molecule has 1 saturated heterocycles. The van der Waals surface area contributed by atoms with Gasteiger partial charge in [-0.15, -0.1) is 5.06 Å². The lowest BCUT2D eigenvalue weighted by molar-refractivity contribution is -0.188. The summed E-state index contributed by atoms with van der Waals surface area (Å²) in [4.78, 5) is 18.5. The van der Waals surface area contributed by atoms with Crippen molar-refractivity contribution in [3.8, 4) is 0 Å². The highest BCUT2D eigenvalue weighted by atomic mass is 16.7. The van der Waals surface area contributed by atoms with Gasteiger partial charge in [0.1, 0.15) is 0 Å². The molecule has 0 saturated carbocycles. The normalized spacial score (nSPS) is 17.1. The van der Waals surface area contributed by atoms with Gasteiger partial charge in [-0.25, -0.2) is 0 Å². The van der Waals surface area contributed by atoms with Gasteiger partial charge < -0.3 is 9.74 Å². The quantitative estimate of drug-likeness (QED) is 0.831. The summed E-state index contributed by atoms with van der Waals surface area (Å²) in [5.41, 5.74) is 2.78. The van der Waals surface area contributed by atoms with Crippen LogP contribution in [0.2, 0.25) is 0 Å². The van der Waals surface area contributed by atoms with Gasteiger partial charge in [0.25, 0.3) is 0 Å². The Morgan fingerprint density at radius 2 is 1.70 bits per heavy atom. The fourth-order valence-electron chi connectivity index (χ4n) is 2.59. The zero-order valence-corrected chi connectivity index (χ0v) is 12.8. The Morgan fingerprint density at radius 1 is 1.10 bits per heavy atom. The summed E-state index contributed by atoms with van der Waals surface area (Å²) in [5, 5.41) is 1.75. The summed E-state index contributed by atoms with van der Waals surface area (Å²) in [6, 6.07) is 8.57. The predicted molar refractivity (Wildman–Crippen MR) is 80.7 cm³/mol. The molecule has 0 aliphatic carbocycles. The first-order valence-electron chi connectivity index (χ1n) is 7.16. The molecule has 2 rings (SSSR count). The molecular weight excluding hydrogens is 252 g/mol. The zero-order chi connectivity index (χ0) is 14.8. The van der Waals surface area contributed by atoms with Crippen LogP contribution < -0.4 is 4.90 Å². The van der Waals surface area contributed by atoms with Crippen molar-refractivity contribution in [3.63, 3.8) is 0 Å². The first-order valence-corrected chi connectivity index (χ1v) is 7.16. The van der Waals surface area contributed by atoms with Gasteiger partial charge in [-0.2, -0.15) is 0 Å². The third kappa shape index (κ3) is 3.51. The van der Waals surface area contributed by atoms with Crippen molar-refractivity contribution >= 4 is 11.7 Å². The molecule has 0 N–H and O–H groups in total. The third-order valence-electron chi connectivity index (χ3n) is 3.55. The molecular formula is C16H24N2O2. The van der Waals surface area contributed by atoms with E-state index in [4.69, 9.17) is 4.84 Å². The molecule has 1 heterocycles. The number of hydrogen-bond acceptors (Lipinski definition) is 4. The highest BCUT2D eigenvalue weighted by Gasteiger charge is 2.24. The number of piperazine rings is 1. The molecule has 0 bridgehead atoms. The number of rotatable bonds is 2. The predicted octanol–water partition coefficient (Wildman–Crippen LogP) is 2.58. The number of benzene rings is 1. The summed E-state index contributed by atoms with van der Waals surface area (Å²) in [6.07, 6.45) is 0. The molecule has 0 amide bonds. The number of para-hydroxylation sites is 1. The number of anilines is 1. The molecule has 0 aromatic heterocycles. The minimum Gasteiger partial charge on any atom is -0.368 e. The van der Waals surface area contributed by atoms with Gasteiger partial charge in [0, 0.05) is 25.7 Å². The Balaban J connectivity index is 2.09. The number of carbonyl (C=O) groups excluding carboxylic acids is 1. The van der Waals surface area contributed by atoms with Gasteiger partial charge in [-0.3, -0.25) is 4.79 Å². The molecule has 0 atom stereocenters. The molecule has 4 nitrogen and oxygen atoms in total. The minimum atomic E-state index is -0.242. The van der Waals surface area contributed by atoms with Gasteiger partial charge in [-0.1, -0.05) is 39.0 Å². The maximum Gasteiger partial charge on any atom is 0.322 e. The summed E-state index contributed by atoms with van der Waals surface area (Å²) in [7, 11) is 0. The molecule has 1 aromatic rings. The first kappa shape index (κ1) is 14.9. The largest absolute Gasteiger partial charge is 0.368 e. The Morgan fingerprint density at radius 3 is 2.25 bits per heavy atom. The van der Waals surface area contributed by atoms with Crippen LogP contribution in [-0.4, -0.2) is 37.2 Å². The zero-order valence-electron chi connectivity index (χ0n) is 12.8. The van der Waals surface area contributed by atoms with Crippen molar-refractivity contribution in [3.05, 3.63) is 29.8 Å². The molecule has 1 aliphatic rings. The van der Waals surface area contributed by atoms with Gasteiger partial charge in [-0.05, 0) is 17.0 Å². The topological polar surface area (TPSA) is 32.8 Å². The van der Waals surface area contributed by atoms with Gasteiger partial charge in [0.15, 0.2) is 0 Å². The molecule has 4 heteroatoms. The molecule has 1 aliphatic heterocycles. The van der Waals surface area contributed by atoms with E-state index < -0.39 is 0 Å². The van der Waals surface area contributed by atoms with Crippen LogP contribution >= 0.6 is 0 Å². The maximum atomic E-state index is 11.0. The third-order valence-corrected chi connectivity index (χ3v) is 3.55. The van der Waals surface area contributed by atoms with E-state index in [0.29, 0.717) is 0 Å². The lowest BCUT2D eigenvalue weighted by Gasteiger charge is -2.37.